The predicted octanol–water partition coefficient (Wildman–Crippen LogP) is 2.43. The van der Waals surface area contributed by atoms with Crippen LogP contribution in [0.1, 0.15) is 0 Å². The number of hydrogen-bond acceptors (Lipinski definition) is 2. The van der Waals surface area contributed by atoms with Crippen molar-refractivity contribution >= 4 is 23.0 Å². The van der Waals surface area contributed by atoms with Gasteiger partial charge in [0.25, 0.3) is 0 Å². The fraction of sp³-hybridized carbons (Fsp3) is 0.111. The Morgan fingerprint density at radius 3 is 2.92 bits per heavy atom. The molecule has 0 saturated carbocycles. The normalized spacial score (nSPS) is 9.42. The number of halogens is 1. The van der Waals surface area contributed by atoms with Crippen molar-refractivity contribution in [3.8, 4) is 0 Å². The van der Waals surface area contributed by atoms with Gasteiger partial charge in [-0.3, -0.25) is 0 Å². The maximum Gasteiger partial charge on any atom is 0.0501 e. The Kier molecular flexibility index (Phi) is 3.00. The molecule has 0 fully saturated rings. The molecule has 1 rings (SSSR count). The zero-order valence-corrected chi connectivity index (χ0v) is 7.43. The van der Waals surface area contributed by atoms with E-state index in [1.807, 2.05) is 24.3 Å². The van der Waals surface area contributed by atoms with Crippen LogP contribution in [0.15, 0.2) is 35.9 Å². The smallest absolute Gasteiger partial charge is 0.0501 e. The molecule has 0 aromatic heterocycles. The average molecular weight is 183 g/mol. The van der Waals surface area contributed by atoms with Crippen LogP contribution in [0, 0.1) is 0 Å². The lowest BCUT2D eigenvalue weighted by molar-refractivity contribution is 1.32. The van der Waals surface area contributed by atoms with Crippen molar-refractivity contribution in [3.05, 3.63) is 35.9 Å². The number of nitrogens with two attached hydrogens (primary N) is 1. The van der Waals surface area contributed by atoms with E-state index in [9.17, 15) is 0 Å². The quantitative estimate of drug-likeness (QED) is 0.705. The largest absolute Gasteiger partial charge is 0.399 e. The van der Waals surface area contributed by atoms with Gasteiger partial charge in [0, 0.05) is 16.4 Å². The van der Waals surface area contributed by atoms with Crippen LogP contribution in [0.2, 0.25) is 0 Å². The van der Waals surface area contributed by atoms with Gasteiger partial charge in [0.2, 0.25) is 0 Å². The molecule has 0 atom stereocenters. The molecule has 0 saturated heterocycles. The molecule has 2 nitrogen and oxygen atoms in total. The number of rotatable bonds is 3. The summed E-state index contributed by atoms with van der Waals surface area (Å²) < 4.78 is 0. The Morgan fingerprint density at radius 2 is 2.33 bits per heavy atom. The zero-order chi connectivity index (χ0) is 8.97. The fourth-order valence-electron chi connectivity index (χ4n) is 0.847. The Morgan fingerprint density at radius 1 is 1.58 bits per heavy atom. The molecular weight excluding hydrogens is 172 g/mol. The van der Waals surface area contributed by atoms with E-state index in [0.29, 0.717) is 11.6 Å². The van der Waals surface area contributed by atoms with Crippen LogP contribution in [0.3, 0.4) is 0 Å². The zero-order valence-electron chi connectivity index (χ0n) is 6.68. The monoisotopic (exact) mass is 182 g/mol. The highest BCUT2D eigenvalue weighted by Gasteiger charge is 1.91. The van der Waals surface area contributed by atoms with Crippen molar-refractivity contribution in [2.45, 2.75) is 0 Å². The third-order valence-corrected chi connectivity index (χ3v) is 1.50. The van der Waals surface area contributed by atoms with E-state index < -0.39 is 0 Å². The molecule has 0 spiro atoms. The van der Waals surface area contributed by atoms with Crippen LogP contribution in [0.25, 0.3) is 0 Å². The number of nitrogen functional groups attached to an aromatic ring is 1. The minimum atomic E-state index is 0.561. The SMILES string of the molecule is C=C(Cl)CNc1cccc(N)c1. The van der Waals surface area contributed by atoms with E-state index in [1.165, 1.54) is 0 Å². The summed E-state index contributed by atoms with van der Waals surface area (Å²) in [4.78, 5) is 0. The molecule has 0 heterocycles. The molecule has 1 aromatic carbocycles. The van der Waals surface area contributed by atoms with E-state index in [-0.39, 0.29) is 0 Å². The standard InChI is InChI=1S/C9H11ClN2/c1-7(10)6-12-9-4-2-3-8(11)5-9/h2-5,12H,1,6,11H2. The van der Waals surface area contributed by atoms with Crippen molar-refractivity contribution < 1.29 is 0 Å². The predicted molar refractivity (Wildman–Crippen MR) is 54.3 cm³/mol. The van der Waals surface area contributed by atoms with Crippen molar-refractivity contribution in [1.82, 2.24) is 0 Å². The van der Waals surface area contributed by atoms with Crippen LogP contribution in [-0.4, -0.2) is 6.54 Å². The van der Waals surface area contributed by atoms with Crippen LogP contribution in [0.5, 0.6) is 0 Å². The Balaban J connectivity index is 2.57. The van der Waals surface area contributed by atoms with Crippen molar-refractivity contribution in [2.75, 3.05) is 17.6 Å². The number of benzene rings is 1. The summed E-state index contributed by atoms with van der Waals surface area (Å²) in [7, 11) is 0. The number of nitrogens with one attached hydrogen (secondary N) is 1. The molecule has 0 bridgehead atoms. The molecule has 0 amide bonds. The van der Waals surface area contributed by atoms with Gasteiger partial charge in [-0.1, -0.05) is 24.2 Å². The Labute approximate surface area is 77.0 Å². The first-order valence-corrected chi connectivity index (χ1v) is 3.99. The maximum atomic E-state index is 5.58. The third-order valence-electron chi connectivity index (χ3n) is 1.37. The first kappa shape index (κ1) is 8.94. The lowest BCUT2D eigenvalue weighted by Gasteiger charge is -2.04. The van der Waals surface area contributed by atoms with Gasteiger partial charge in [-0.05, 0) is 18.2 Å². The second-order valence-corrected chi connectivity index (χ2v) is 3.03. The van der Waals surface area contributed by atoms with E-state index in [1.54, 1.807) is 0 Å². The first-order valence-electron chi connectivity index (χ1n) is 3.61. The lowest BCUT2D eigenvalue weighted by Crippen LogP contribution is -2.00. The van der Waals surface area contributed by atoms with Crippen LogP contribution >= 0.6 is 11.6 Å². The highest BCUT2D eigenvalue weighted by atomic mass is 35.5. The first-order chi connectivity index (χ1) is 5.68. The van der Waals surface area contributed by atoms with Crippen LogP contribution in [0.4, 0.5) is 11.4 Å². The second-order valence-electron chi connectivity index (χ2n) is 2.50. The van der Waals surface area contributed by atoms with E-state index in [4.69, 9.17) is 17.3 Å². The lowest BCUT2D eigenvalue weighted by atomic mass is 10.3. The van der Waals surface area contributed by atoms with E-state index in [2.05, 4.69) is 11.9 Å². The van der Waals surface area contributed by atoms with Crippen LogP contribution < -0.4 is 11.1 Å². The molecular formula is C9H11ClN2. The Hall–Kier alpha value is -1.15. The van der Waals surface area contributed by atoms with Gasteiger partial charge >= 0.3 is 0 Å². The fourth-order valence-corrected chi connectivity index (χ4v) is 0.913. The summed E-state index contributed by atoms with van der Waals surface area (Å²) in [6, 6.07) is 7.49. The summed E-state index contributed by atoms with van der Waals surface area (Å²) >= 11 is 5.58. The molecule has 0 aliphatic heterocycles. The molecule has 0 aliphatic rings. The van der Waals surface area contributed by atoms with Crippen LogP contribution in [-0.2, 0) is 0 Å². The van der Waals surface area contributed by atoms with Gasteiger partial charge in [0.05, 0.1) is 6.54 Å². The summed E-state index contributed by atoms with van der Waals surface area (Å²) in [5.74, 6) is 0. The molecule has 3 heteroatoms. The van der Waals surface area contributed by atoms with Gasteiger partial charge in [0.1, 0.15) is 0 Å². The van der Waals surface area contributed by atoms with Gasteiger partial charge in [-0.2, -0.15) is 0 Å². The maximum absolute atomic E-state index is 5.58. The summed E-state index contributed by atoms with van der Waals surface area (Å²) in [5.41, 5.74) is 7.26. The number of hydrogen-bond donors (Lipinski definition) is 2. The summed E-state index contributed by atoms with van der Waals surface area (Å²) in [5, 5.41) is 3.65. The van der Waals surface area contributed by atoms with E-state index in [0.717, 1.165) is 11.4 Å². The third kappa shape index (κ3) is 2.84. The average Bonchev–Trinajstić information content (AvgIpc) is 2.01. The van der Waals surface area contributed by atoms with Crippen molar-refractivity contribution in [3.63, 3.8) is 0 Å². The van der Waals surface area contributed by atoms with E-state index >= 15 is 0 Å². The summed E-state index contributed by atoms with van der Waals surface area (Å²) in [6.07, 6.45) is 0. The molecule has 0 unspecified atom stereocenters. The molecule has 1 aromatic rings. The minimum absolute atomic E-state index is 0.561. The Bertz CT molecular complexity index is 284. The summed E-state index contributed by atoms with van der Waals surface area (Å²) in [6.45, 7) is 4.12. The minimum Gasteiger partial charge on any atom is -0.399 e. The highest BCUT2D eigenvalue weighted by Crippen LogP contribution is 2.12. The molecule has 0 radical (unpaired) electrons. The van der Waals surface area contributed by atoms with Crippen molar-refractivity contribution in [1.29, 1.82) is 0 Å². The van der Waals surface area contributed by atoms with Gasteiger partial charge in [-0.25, -0.2) is 0 Å². The molecule has 3 N–H and O–H groups in total. The van der Waals surface area contributed by atoms with Crippen molar-refractivity contribution in [2.24, 2.45) is 0 Å². The van der Waals surface area contributed by atoms with Gasteiger partial charge in [0.15, 0.2) is 0 Å². The molecule has 64 valence electrons. The molecule has 12 heavy (non-hydrogen) atoms. The second kappa shape index (κ2) is 4.02. The molecule has 0 aliphatic carbocycles. The number of anilines is 2. The topological polar surface area (TPSA) is 38.0 Å². The van der Waals surface area contributed by atoms with Gasteiger partial charge in [-0.15, -0.1) is 0 Å². The van der Waals surface area contributed by atoms with Gasteiger partial charge < -0.3 is 11.1 Å². The highest BCUT2D eigenvalue weighted by molar-refractivity contribution is 6.29.